The first-order valence-corrected chi connectivity index (χ1v) is 6.60. The number of aliphatic hydroxyl groups is 2. The van der Waals surface area contributed by atoms with Crippen molar-refractivity contribution in [3.63, 3.8) is 0 Å². The predicted molar refractivity (Wildman–Crippen MR) is 75.0 cm³/mol. The largest absolute Gasteiger partial charge is 0.461 e. The van der Waals surface area contributed by atoms with Gasteiger partial charge in [0, 0.05) is 30.5 Å². The minimum absolute atomic E-state index is 0.257. The molecule has 1 unspecified atom stereocenters. The second-order valence-electron chi connectivity index (χ2n) is 5.11. The zero-order valence-corrected chi connectivity index (χ0v) is 11.4. The average Bonchev–Trinajstić information content (AvgIpc) is 2.77. The quantitative estimate of drug-likeness (QED) is 0.744. The first-order valence-electron chi connectivity index (χ1n) is 6.60. The molecule has 4 nitrogen and oxygen atoms in total. The lowest BCUT2D eigenvalue weighted by Crippen LogP contribution is -2.40. The van der Waals surface area contributed by atoms with E-state index >= 15 is 0 Å². The Kier molecular flexibility index (Phi) is 4.24. The fourth-order valence-electron chi connectivity index (χ4n) is 2.14. The third-order valence-electron chi connectivity index (χ3n) is 3.25. The van der Waals surface area contributed by atoms with E-state index in [1.54, 1.807) is 6.92 Å². The Labute approximate surface area is 113 Å². The number of nitrogens with one attached hydrogen (secondary N) is 1. The maximum Gasteiger partial charge on any atom is 0.134 e. The van der Waals surface area contributed by atoms with Crippen molar-refractivity contribution in [2.24, 2.45) is 0 Å². The molecule has 0 bridgehead atoms. The number of furan rings is 1. The standard InChI is InChI=1S/C15H21NO3/c1-3-13-12(8-16-9-15(2,18)10-17)11-6-4-5-7-14(11)19-13/h4-7,16-18H,3,8-10H2,1-2H3. The van der Waals surface area contributed by atoms with Crippen LogP contribution in [0, 0.1) is 0 Å². The van der Waals surface area contributed by atoms with Crippen LogP contribution in [0.5, 0.6) is 0 Å². The lowest BCUT2D eigenvalue weighted by molar-refractivity contribution is 0.00253. The number of fused-ring (bicyclic) bond motifs is 1. The van der Waals surface area contributed by atoms with Gasteiger partial charge in [0.1, 0.15) is 11.3 Å². The van der Waals surface area contributed by atoms with Gasteiger partial charge in [0.2, 0.25) is 0 Å². The van der Waals surface area contributed by atoms with E-state index in [9.17, 15) is 5.11 Å². The number of benzene rings is 1. The lowest BCUT2D eigenvalue weighted by Gasteiger charge is -2.20. The molecule has 0 aliphatic carbocycles. The third-order valence-corrected chi connectivity index (χ3v) is 3.25. The van der Waals surface area contributed by atoms with Crippen molar-refractivity contribution < 1.29 is 14.6 Å². The van der Waals surface area contributed by atoms with E-state index in [-0.39, 0.29) is 6.61 Å². The molecule has 0 fully saturated rings. The van der Waals surface area contributed by atoms with Crippen molar-refractivity contribution in [3.05, 3.63) is 35.6 Å². The molecule has 1 heterocycles. The Morgan fingerprint density at radius 1 is 1.32 bits per heavy atom. The number of rotatable bonds is 6. The molecule has 0 amide bonds. The minimum Gasteiger partial charge on any atom is -0.461 e. The molecule has 1 aromatic carbocycles. The van der Waals surface area contributed by atoms with Gasteiger partial charge in [-0.3, -0.25) is 0 Å². The Bertz CT molecular complexity index is 545. The summed E-state index contributed by atoms with van der Waals surface area (Å²) in [5.74, 6) is 0.970. The van der Waals surface area contributed by atoms with Crippen molar-refractivity contribution in [1.82, 2.24) is 5.32 Å². The molecular formula is C15H21NO3. The van der Waals surface area contributed by atoms with E-state index in [0.29, 0.717) is 13.1 Å². The number of para-hydroxylation sites is 1. The molecule has 0 aliphatic heterocycles. The highest BCUT2D eigenvalue weighted by molar-refractivity contribution is 5.82. The van der Waals surface area contributed by atoms with E-state index in [1.165, 1.54) is 0 Å². The highest BCUT2D eigenvalue weighted by Gasteiger charge is 2.19. The van der Waals surface area contributed by atoms with Gasteiger partial charge in [-0.15, -0.1) is 0 Å². The molecule has 2 aromatic rings. The molecule has 4 heteroatoms. The van der Waals surface area contributed by atoms with Crippen LogP contribution in [-0.2, 0) is 13.0 Å². The Morgan fingerprint density at radius 3 is 2.74 bits per heavy atom. The molecule has 0 saturated carbocycles. The predicted octanol–water partition coefficient (Wildman–Crippen LogP) is 1.83. The van der Waals surface area contributed by atoms with Gasteiger partial charge in [0.05, 0.1) is 12.2 Å². The molecule has 0 spiro atoms. The molecule has 19 heavy (non-hydrogen) atoms. The Balaban J connectivity index is 2.15. The van der Waals surface area contributed by atoms with Crippen LogP contribution in [-0.4, -0.2) is 29.0 Å². The number of hydrogen-bond donors (Lipinski definition) is 3. The van der Waals surface area contributed by atoms with Gasteiger partial charge in [-0.05, 0) is 13.0 Å². The Morgan fingerprint density at radius 2 is 2.05 bits per heavy atom. The smallest absolute Gasteiger partial charge is 0.134 e. The summed E-state index contributed by atoms with van der Waals surface area (Å²) in [6, 6.07) is 7.95. The first-order chi connectivity index (χ1) is 9.07. The molecule has 0 aliphatic rings. The minimum atomic E-state index is -1.09. The zero-order chi connectivity index (χ0) is 13.9. The van der Waals surface area contributed by atoms with Crippen molar-refractivity contribution in [2.45, 2.75) is 32.4 Å². The van der Waals surface area contributed by atoms with Crippen LogP contribution >= 0.6 is 0 Å². The van der Waals surface area contributed by atoms with Crippen molar-refractivity contribution in [2.75, 3.05) is 13.2 Å². The van der Waals surface area contributed by atoms with E-state index in [4.69, 9.17) is 9.52 Å². The summed E-state index contributed by atoms with van der Waals surface area (Å²) in [4.78, 5) is 0. The molecule has 1 atom stereocenters. The number of aryl methyl sites for hydroxylation is 1. The zero-order valence-electron chi connectivity index (χ0n) is 11.4. The summed E-state index contributed by atoms with van der Waals surface area (Å²) in [7, 11) is 0. The van der Waals surface area contributed by atoms with Gasteiger partial charge in [0.25, 0.3) is 0 Å². The van der Waals surface area contributed by atoms with Crippen molar-refractivity contribution >= 4 is 11.0 Å². The molecule has 0 radical (unpaired) electrons. The van der Waals surface area contributed by atoms with Gasteiger partial charge >= 0.3 is 0 Å². The van der Waals surface area contributed by atoms with Crippen molar-refractivity contribution in [3.8, 4) is 0 Å². The maximum absolute atomic E-state index is 9.76. The summed E-state index contributed by atoms with van der Waals surface area (Å²) in [5, 5.41) is 23.1. The normalized spacial score (nSPS) is 14.7. The number of aliphatic hydroxyl groups excluding tert-OH is 1. The van der Waals surface area contributed by atoms with Crippen molar-refractivity contribution in [1.29, 1.82) is 0 Å². The van der Waals surface area contributed by atoms with Gasteiger partial charge in [-0.1, -0.05) is 25.1 Å². The SMILES string of the molecule is CCc1oc2ccccc2c1CNCC(C)(O)CO. The van der Waals surface area contributed by atoms with E-state index in [2.05, 4.69) is 12.2 Å². The van der Waals surface area contributed by atoms with Crippen LogP contribution < -0.4 is 5.32 Å². The summed E-state index contributed by atoms with van der Waals surface area (Å²) < 4.78 is 5.81. The highest BCUT2D eigenvalue weighted by Crippen LogP contribution is 2.26. The summed E-state index contributed by atoms with van der Waals surface area (Å²) in [5.41, 5.74) is 0.934. The lowest BCUT2D eigenvalue weighted by atomic mass is 10.1. The van der Waals surface area contributed by atoms with E-state index < -0.39 is 5.60 Å². The van der Waals surface area contributed by atoms with Crippen LogP contribution in [0.3, 0.4) is 0 Å². The molecule has 2 rings (SSSR count). The van der Waals surface area contributed by atoms with Crippen LogP contribution in [0.2, 0.25) is 0 Å². The van der Waals surface area contributed by atoms with Gasteiger partial charge in [-0.2, -0.15) is 0 Å². The summed E-state index contributed by atoms with van der Waals surface area (Å²) in [6.45, 7) is 4.37. The fraction of sp³-hybridized carbons (Fsp3) is 0.467. The van der Waals surface area contributed by atoms with Gasteiger partial charge in [-0.25, -0.2) is 0 Å². The third kappa shape index (κ3) is 3.15. The van der Waals surface area contributed by atoms with Gasteiger partial charge in [0.15, 0.2) is 0 Å². The molecule has 1 aromatic heterocycles. The summed E-state index contributed by atoms with van der Waals surface area (Å²) >= 11 is 0. The van der Waals surface area contributed by atoms with Crippen LogP contribution in [0.4, 0.5) is 0 Å². The van der Waals surface area contributed by atoms with E-state index in [0.717, 1.165) is 28.7 Å². The first kappa shape index (κ1) is 14.1. The fourth-order valence-corrected chi connectivity index (χ4v) is 2.14. The van der Waals surface area contributed by atoms with Crippen LogP contribution in [0.25, 0.3) is 11.0 Å². The second kappa shape index (κ2) is 5.74. The summed E-state index contributed by atoms with van der Waals surface area (Å²) in [6.07, 6.45) is 0.835. The van der Waals surface area contributed by atoms with Crippen LogP contribution in [0.15, 0.2) is 28.7 Å². The topological polar surface area (TPSA) is 65.6 Å². The highest BCUT2D eigenvalue weighted by atomic mass is 16.3. The average molecular weight is 263 g/mol. The van der Waals surface area contributed by atoms with Crippen LogP contribution in [0.1, 0.15) is 25.2 Å². The van der Waals surface area contributed by atoms with E-state index in [1.807, 2.05) is 24.3 Å². The second-order valence-corrected chi connectivity index (χ2v) is 5.11. The molecular weight excluding hydrogens is 242 g/mol. The molecule has 0 saturated heterocycles. The molecule has 104 valence electrons. The van der Waals surface area contributed by atoms with Gasteiger partial charge < -0.3 is 19.9 Å². The molecule has 3 N–H and O–H groups in total. The maximum atomic E-state index is 9.76. The monoisotopic (exact) mass is 263 g/mol. The number of hydrogen-bond acceptors (Lipinski definition) is 4. The Hall–Kier alpha value is -1.36.